The third-order valence-electron chi connectivity index (χ3n) is 4.09. The summed E-state index contributed by atoms with van der Waals surface area (Å²) >= 11 is 0. The number of fused-ring (bicyclic) bond motifs is 1. The highest BCUT2D eigenvalue weighted by molar-refractivity contribution is 6.05. The standard InChI is InChI=1S/C19H17N5O2/c1-12(25)18-22-16-7-4-14(10-17(16)23-18)21-19(26)13-2-5-15(6-3-13)24-9-8-20-11-24/h2-12,25H,1H3,(H,21,26)(H,22,23). The van der Waals surface area contributed by atoms with Crippen LogP contribution < -0.4 is 5.32 Å². The number of nitrogens with one attached hydrogen (secondary N) is 2. The summed E-state index contributed by atoms with van der Waals surface area (Å²) in [6.45, 7) is 1.65. The second kappa shape index (κ2) is 6.45. The van der Waals surface area contributed by atoms with Gasteiger partial charge in [-0.05, 0) is 49.4 Å². The molecule has 1 unspecified atom stereocenters. The maximum absolute atomic E-state index is 12.5. The first-order valence-corrected chi connectivity index (χ1v) is 8.17. The first-order chi connectivity index (χ1) is 12.6. The van der Waals surface area contributed by atoms with Crippen LogP contribution in [0.5, 0.6) is 0 Å². The minimum Gasteiger partial charge on any atom is -0.385 e. The van der Waals surface area contributed by atoms with Crippen molar-refractivity contribution in [1.29, 1.82) is 0 Å². The summed E-state index contributed by atoms with van der Waals surface area (Å²) in [6, 6.07) is 12.7. The van der Waals surface area contributed by atoms with E-state index in [4.69, 9.17) is 0 Å². The highest BCUT2D eigenvalue weighted by atomic mass is 16.3. The van der Waals surface area contributed by atoms with Gasteiger partial charge >= 0.3 is 0 Å². The van der Waals surface area contributed by atoms with Gasteiger partial charge in [0.05, 0.1) is 17.4 Å². The number of hydrogen-bond donors (Lipinski definition) is 3. The highest BCUT2D eigenvalue weighted by Crippen LogP contribution is 2.20. The Kier molecular flexibility index (Phi) is 3.98. The van der Waals surface area contributed by atoms with E-state index in [1.54, 1.807) is 49.8 Å². The SMILES string of the molecule is CC(O)c1nc2ccc(NC(=O)c3ccc(-n4ccnc4)cc3)cc2[nH]1. The van der Waals surface area contributed by atoms with Crippen LogP contribution in [0.2, 0.25) is 0 Å². The molecule has 2 heterocycles. The third kappa shape index (κ3) is 3.07. The van der Waals surface area contributed by atoms with Crippen LogP contribution in [0.25, 0.3) is 16.7 Å². The van der Waals surface area contributed by atoms with Crippen molar-refractivity contribution >= 4 is 22.6 Å². The van der Waals surface area contributed by atoms with Gasteiger partial charge in [-0.3, -0.25) is 4.79 Å². The Morgan fingerprint density at radius 3 is 2.73 bits per heavy atom. The molecule has 26 heavy (non-hydrogen) atoms. The zero-order chi connectivity index (χ0) is 18.1. The van der Waals surface area contributed by atoms with Crippen molar-refractivity contribution in [2.75, 3.05) is 5.32 Å². The lowest BCUT2D eigenvalue weighted by molar-refractivity contribution is 0.102. The number of amides is 1. The molecule has 4 aromatic rings. The number of rotatable bonds is 4. The Labute approximate surface area is 149 Å². The Hall–Kier alpha value is -3.45. The number of benzene rings is 2. The largest absolute Gasteiger partial charge is 0.385 e. The molecule has 7 nitrogen and oxygen atoms in total. The van der Waals surface area contributed by atoms with E-state index in [1.165, 1.54) is 0 Å². The molecule has 2 aromatic heterocycles. The molecule has 1 amide bonds. The summed E-state index contributed by atoms with van der Waals surface area (Å²) in [7, 11) is 0. The zero-order valence-corrected chi connectivity index (χ0v) is 14.0. The predicted octanol–water partition coefficient (Wildman–Crippen LogP) is 3.05. The molecule has 0 bridgehead atoms. The third-order valence-corrected chi connectivity index (χ3v) is 4.09. The van der Waals surface area contributed by atoms with Gasteiger partial charge in [0.2, 0.25) is 0 Å². The van der Waals surface area contributed by atoms with Crippen LogP contribution in [0, 0.1) is 0 Å². The maximum atomic E-state index is 12.5. The van der Waals surface area contributed by atoms with Gasteiger partial charge in [0, 0.05) is 29.3 Å². The summed E-state index contributed by atoms with van der Waals surface area (Å²) in [5.74, 6) is 0.301. The average molecular weight is 347 g/mol. The lowest BCUT2D eigenvalue weighted by Crippen LogP contribution is -2.11. The van der Waals surface area contributed by atoms with Crippen molar-refractivity contribution in [2.24, 2.45) is 0 Å². The molecule has 0 aliphatic heterocycles. The van der Waals surface area contributed by atoms with Crippen molar-refractivity contribution in [3.63, 3.8) is 0 Å². The van der Waals surface area contributed by atoms with E-state index in [9.17, 15) is 9.90 Å². The van der Waals surface area contributed by atoms with E-state index in [0.717, 1.165) is 16.7 Å². The smallest absolute Gasteiger partial charge is 0.255 e. The van der Waals surface area contributed by atoms with Crippen LogP contribution in [-0.4, -0.2) is 30.5 Å². The number of aliphatic hydroxyl groups excluding tert-OH is 1. The van der Waals surface area contributed by atoms with Crippen molar-refractivity contribution in [2.45, 2.75) is 13.0 Å². The minimum atomic E-state index is -0.672. The Bertz CT molecular complexity index is 1050. The van der Waals surface area contributed by atoms with Gasteiger partial charge in [-0.25, -0.2) is 9.97 Å². The number of anilines is 1. The molecule has 3 N–H and O–H groups in total. The highest BCUT2D eigenvalue weighted by Gasteiger charge is 2.10. The van der Waals surface area contributed by atoms with E-state index in [-0.39, 0.29) is 5.91 Å². The number of aliphatic hydroxyl groups is 1. The van der Waals surface area contributed by atoms with Crippen LogP contribution in [0.1, 0.15) is 29.2 Å². The van der Waals surface area contributed by atoms with Crippen molar-refractivity contribution < 1.29 is 9.90 Å². The van der Waals surface area contributed by atoms with E-state index in [2.05, 4.69) is 20.3 Å². The predicted molar refractivity (Wildman–Crippen MR) is 98.2 cm³/mol. The van der Waals surface area contributed by atoms with Crippen LogP contribution >= 0.6 is 0 Å². The number of hydrogen-bond acceptors (Lipinski definition) is 4. The number of H-pyrrole nitrogens is 1. The fraction of sp³-hybridized carbons (Fsp3) is 0.105. The molecule has 0 spiro atoms. The number of carbonyl (C=O) groups excluding carboxylic acids is 1. The number of aromatic nitrogens is 4. The summed E-state index contributed by atoms with van der Waals surface area (Å²) in [6.07, 6.45) is 4.58. The van der Waals surface area contributed by atoms with Crippen LogP contribution in [0.15, 0.2) is 61.2 Å². The molecule has 0 aliphatic carbocycles. The molecule has 2 aromatic carbocycles. The van der Waals surface area contributed by atoms with Gasteiger partial charge in [-0.15, -0.1) is 0 Å². The molecule has 0 radical (unpaired) electrons. The maximum Gasteiger partial charge on any atom is 0.255 e. The summed E-state index contributed by atoms with van der Waals surface area (Å²) in [5, 5.41) is 12.5. The van der Waals surface area contributed by atoms with Gasteiger partial charge in [0.25, 0.3) is 5.91 Å². The minimum absolute atomic E-state index is 0.197. The van der Waals surface area contributed by atoms with Gasteiger partial charge in [-0.1, -0.05) is 0 Å². The molecule has 1 atom stereocenters. The molecular formula is C19H17N5O2. The lowest BCUT2D eigenvalue weighted by Gasteiger charge is -2.07. The van der Waals surface area contributed by atoms with Crippen molar-refractivity contribution in [1.82, 2.24) is 19.5 Å². The number of imidazole rings is 2. The van der Waals surface area contributed by atoms with E-state index >= 15 is 0 Å². The number of aromatic amines is 1. The number of carbonyl (C=O) groups is 1. The Morgan fingerprint density at radius 1 is 1.23 bits per heavy atom. The molecule has 4 rings (SSSR count). The van der Waals surface area contributed by atoms with Gasteiger partial charge in [-0.2, -0.15) is 0 Å². The Morgan fingerprint density at radius 2 is 2.04 bits per heavy atom. The molecular weight excluding hydrogens is 330 g/mol. The molecule has 7 heteroatoms. The zero-order valence-electron chi connectivity index (χ0n) is 14.0. The van der Waals surface area contributed by atoms with E-state index < -0.39 is 6.10 Å². The Balaban J connectivity index is 1.53. The molecule has 130 valence electrons. The quantitative estimate of drug-likeness (QED) is 0.529. The van der Waals surface area contributed by atoms with Crippen LogP contribution in [0.4, 0.5) is 5.69 Å². The first kappa shape index (κ1) is 16.0. The fourth-order valence-corrected chi connectivity index (χ4v) is 2.71. The van der Waals surface area contributed by atoms with Crippen LogP contribution in [0.3, 0.4) is 0 Å². The molecule has 0 fully saturated rings. The van der Waals surface area contributed by atoms with Crippen LogP contribution in [-0.2, 0) is 0 Å². The second-order valence-corrected chi connectivity index (χ2v) is 6.00. The monoisotopic (exact) mass is 347 g/mol. The van der Waals surface area contributed by atoms with Crippen molar-refractivity contribution in [3.05, 3.63) is 72.6 Å². The molecule has 0 saturated carbocycles. The summed E-state index contributed by atoms with van der Waals surface area (Å²) in [5.41, 5.74) is 3.64. The first-order valence-electron chi connectivity index (χ1n) is 8.17. The molecule has 0 aliphatic rings. The molecule has 0 saturated heterocycles. The topological polar surface area (TPSA) is 95.8 Å². The van der Waals surface area contributed by atoms with Gasteiger partial charge in [0.1, 0.15) is 11.9 Å². The van der Waals surface area contributed by atoms with E-state index in [1.807, 2.05) is 22.9 Å². The normalized spacial score (nSPS) is 12.2. The summed E-state index contributed by atoms with van der Waals surface area (Å²) in [4.78, 5) is 23.8. The average Bonchev–Trinajstić information content (AvgIpc) is 3.31. The summed E-state index contributed by atoms with van der Waals surface area (Å²) < 4.78 is 1.87. The van der Waals surface area contributed by atoms with Crippen molar-refractivity contribution in [3.8, 4) is 5.69 Å². The second-order valence-electron chi connectivity index (χ2n) is 6.00. The van der Waals surface area contributed by atoms with E-state index in [0.29, 0.717) is 17.1 Å². The fourth-order valence-electron chi connectivity index (χ4n) is 2.71. The number of nitrogens with zero attached hydrogens (tertiary/aromatic N) is 3. The van der Waals surface area contributed by atoms with Gasteiger partial charge < -0.3 is 20.0 Å². The lowest BCUT2D eigenvalue weighted by atomic mass is 10.2. The van der Waals surface area contributed by atoms with Gasteiger partial charge in [0.15, 0.2) is 0 Å².